The fourth-order valence-corrected chi connectivity index (χ4v) is 2.54. The Balaban J connectivity index is 0.00000220. The first-order valence-electron chi connectivity index (χ1n) is 7.06. The van der Waals surface area contributed by atoms with Gasteiger partial charge in [-0.05, 0) is 25.5 Å². The molecule has 21 heavy (non-hydrogen) atoms. The summed E-state index contributed by atoms with van der Waals surface area (Å²) in [5.41, 5.74) is 0.548. The lowest BCUT2D eigenvalue weighted by Gasteiger charge is -2.29. The standard InChI is InChI=1S/C16H21FN2O.ClH/c1-2-10-19(12-14-6-3-4-8-15(14)17)16(20)13-7-5-9-18-11-13;/h2-4,6,8,13,18H,1,5,7,9-12H2;1H. The second-order valence-corrected chi connectivity index (χ2v) is 5.14. The third kappa shape index (κ3) is 4.83. The number of carbonyl (C=O) groups excluding carboxylic acids is 1. The summed E-state index contributed by atoms with van der Waals surface area (Å²) in [4.78, 5) is 14.2. The Morgan fingerprint density at radius 2 is 2.24 bits per heavy atom. The van der Waals surface area contributed by atoms with Crippen LogP contribution in [0.2, 0.25) is 0 Å². The van der Waals surface area contributed by atoms with E-state index in [0.717, 1.165) is 19.4 Å². The molecule has 1 aromatic rings. The Hall–Kier alpha value is -1.39. The minimum absolute atomic E-state index is 0. The number of halogens is 2. The molecule has 1 saturated heterocycles. The van der Waals surface area contributed by atoms with Crippen molar-refractivity contribution in [3.05, 3.63) is 48.3 Å². The highest BCUT2D eigenvalue weighted by Gasteiger charge is 2.25. The first-order valence-corrected chi connectivity index (χ1v) is 7.06. The van der Waals surface area contributed by atoms with E-state index in [2.05, 4.69) is 11.9 Å². The molecule has 0 saturated carbocycles. The van der Waals surface area contributed by atoms with Gasteiger partial charge < -0.3 is 10.2 Å². The molecule has 1 atom stereocenters. The van der Waals surface area contributed by atoms with E-state index < -0.39 is 0 Å². The maximum absolute atomic E-state index is 13.7. The van der Waals surface area contributed by atoms with E-state index in [1.807, 2.05) is 0 Å². The SMILES string of the molecule is C=CCN(Cc1ccccc1F)C(=O)C1CCCNC1.Cl. The highest BCUT2D eigenvalue weighted by Crippen LogP contribution is 2.17. The van der Waals surface area contributed by atoms with Gasteiger partial charge in [-0.3, -0.25) is 4.79 Å². The van der Waals surface area contributed by atoms with Gasteiger partial charge in [0.1, 0.15) is 5.82 Å². The largest absolute Gasteiger partial charge is 0.334 e. The molecule has 1 heterocycles. The molecule has 0 bridgehead atoms. The molecule has 1 aliphatic heterocycles. The molecule has 1 amide bonds. The van der Waals surface area contributed by atoms with E-state index in [-0.39, 0.29) is 30.0 Å². The molecule has 1 N–H and O–H groups in total. The molecule has 1 unspecified atom stereocenters. The van der Waals surface area contributed by atoms with Crippen LogP contribution in [0.3, 0.4) is 0 Å². The summed E-state index contributed by atoms with van der Waals surface area (Å²) in [6, 6.07) is 6.59. The fraction of sp³-hybridized carbons (Fsp3) is 0.438. The molecule has 2 rings (SSSR count). The van der Waals surface area contributed by atoms with E-state index in [4.69, 9.17) is 0 Å². The van der Waals surface area contributed by atoms with E-state index in [1.165, 1.54) is 6.07 Å². The van der Waals surface area contributed by atoms with Crippen LogP contribution >= 0.6 is 12.4 Å². The number of benzene rings is 1. The van der Waals surface area contributed by atoms with Crippen LogP contribution in [0.1, 0.15) is 18.4 Å². The highest BCUT2D eigenvalue weighted by molar-refractivity contribution is 5.85. The van der Waals surface area contributed by atoms with Crippen LogP contribution in [0.5, 0.6) is 0 Å². The average Bonchev–Trinajstić information content (AvgIpc) is 2.49. The number of hydrogen-bond acceptors (Lipinski definition) is 2. The smallest absolute Gasteiger partial charge is 0.227 e. The van der Waals surface area contributed by atoms with Crippen LogP contribution in [0.25, 0.3) is 0 Å². The van der Waals surface area contributed by atoms with Crippen LogP contribution in [0.15, 0.2) is 36.9 Å². The van der Waals surface area contributed by atoms with E-state index >= 15 is 0 Å². The van der Waals surface area contributed by atoms with Crippen molar-refractivity contribution >= 4 is 18.3 Å². The average molecular weight is 313 g/mol. The zero-order valence-corrected chi connectivity index (χ0v) is 12.9. The maximum Gasteiger partial charge on any atom is 0.227 e. The molecular formula is C16H22ClFN2O. The predicted molar refractivity (Wildman–Crippen MR) is 84.9 cm³/mol. The van der Waals surface area contributed by atoms with Crippen molar-refractivity contribution in [2.24, 2.45) is 5.92 Å². The number of hydrogen-bond donors (Lipinski definition) is 1. The zero-order valence-electron chi connectivity index (χ0n) is 12.1. The number of carbonyl (C=O) groups is 1. The Bertz CT molecular complexity index is 475. The molecular weight excluding hydrogens is 291 g/mol. The van der Waals surface area contributed by atoms with E-state index in [9.17, 15) is 9.18 Å². The van der Waals surface area contributed by atoms with Gasteiger partial charge in [0, 0.05) is 25.2 Å². The molecule has 3 nitrogen and oxygen atoms in total. The molecule has 1 aromatic carbocycles. The Morgan fingerprint density at radius 1 is 1.48 bits per heavy atom. The third-order valence-electron chi connectivity index (χ3n) is 3.63. The Kier molecular flexibility index (Phi) is 7.40. The van der Waals surface area contributed by atoms with Crippen LogP contribution in [-0.4, -0.2) is 30.4 Å². The van der Waals surface area contributed by atoms with Crippen molar-refractivity contribution in [2.75, 3.05) is 19.6 Å². The second kappa shape index (κ2) is 8.80. The minimum Gasteiger partial charge on any atom is -0.334 e. The van der Waals surface area contributed by atoms with E-state index in [1.54, 1.807) is 29.2 Å². The quantitative estimate of drug-likeness (QED) is 0.848. The monoisotopic (exact) mass is 312 g/mol. The van der Waals surface area contributed by atoms with Gasteiger partial charge in [-0.25, -0.2) is 4.39 Å². The molecule has 0 aromatic heterocycles. The fourth-order valence-electron chi connectivity index (χ4n) is 2.54. The van der Waals surface area contributed by atoms with Gasteiger partial charge in [-0.2, -0.15) is 0 Å². The van der Waals surface area contributed by atoms with Crippen molar-refractivity contribution in [2.45, 2.75) is 19.4 Å². The maximum atomic E-state index is 13.7. The number of amides is 1. The zero-order chi connectivity index (χ0) is 14.4. The van der Waals surface area contributed by atoms with Crippen LogP contribution < -0.4 is 5.32 Å². The summed E-state index contributed by atoms with van der Waals surface area (Å²) in [6.45, 7) is 6.12. The summed E-state index contributed by atoms with van der Waals surface area (Å²) in [6.07, 6.45) is 3.60. The number of nitrogens with one attached hydrogen (secondary N) is 1. The summed E-state index contributed by atoms with van der Waals surface area (Å²) in [5.74, 6) is -0.188. The summed E-state index contributed by atoms with van der Waals surface area (Å²) in [5, 5.41) is 3.24. The molecule has 1 fully saturated rings. The van der Waals surface area contributed by atoms with Gasteiger partial charge in [0.05, 0.1) is 5.92 Å². The van der Waals surface area contributed by atoms with Gasteiger partial charge in [0.15, 0.2) is 0 Å². The van der Waals surface area contributed by atoms with Crippen LogP contribution in [0, 0.1) is 11.7 Å². The van der Waals surface area contributed by atoms with Crippen LogP contribution in [0.4, 0.5) is 4.39 Å². The number of nitrogens with zero attached hydrogens (tertiary/aromatic N) is 1. The third-order valence-corrected chi connectivity index (χ3v) is 3.63. The normalized spacial score (nSPS) is 17.7. The first-order chi connectivity index (χ1) is 9.72. The van der Waals surface area contributed by atoms with Crippen LogP contribution in [-0.2, 0) is 11.3 Å². The lowest BCUT2D eigenvalue weighted by atomic mass is 9.98. The second-order valence-electron chi connectivity index (χ2n) is 5.14. The topological polar surface area (TPSA) is 32.3 Å². The lowest BCUT2D eigenvalue weighted by Crippen LogP contribution is -2.42. The van der Waals surface area contributed by atoms with Crippen molar-refractivity contribution in [1.29, 1.82) is 0 Å². The summed E-state index contributed by atoms with van der Waals surface area (Å²) >= 11 is 0. The van der Waals surface area contributed by atoms with Crippen molar-refractivity contribution in [1.82, 2.24) is 10.2 Å². The van der Waals surface area contributed by atoms with Gasteiger partial charge in [0.2, 0.25) is 5.91 Å². The molecule has 116 valence electrons. The number of rotatable bonds is 5. The lowest BCUT2D eigenvalue weighted by molar-refractivity contribution is -0.136. The highest BCUT2D eigenvalue weighted by atomic mass is 35.5. The first kappa shape index (κ1) is 17.7. The van der Waals surface area contributed by atoms with Gasteiger partial charge in [-0.15, -0.1) is 19.0 Å². The summed E-state index contributed by atoms with van der Waals surface area (Å²) < 4.78 is 13.7. The van der Waals surface area contributed by atoms with Crippen molar-refractivity contribution in [3.63, 3.8) is 0 Å². The summed E-state index contributed by atoms with van der Waals surface area (Å²) in [7, 11) is 0. The minimum atomic E-state index is -0.267. The number of piperidine rings is 1. The molecule has 1 aliphatic rings. The molecule has 0 radical (unpaired) electrons. The Labute approximate surface area is 131 Å². The molecule has 0 aliphatic carbocycles. The molecule has 0 spiro atoms. The predicted octanol–water partition coefficient (Wildman–Crippen LogP) is 2.76. The Morgan fingerprint density at radius 3 is 2.86 bits per heavy atom. The van der Waals surface area contributed by atoms with Gasteiger partial charge in [-0.1, -0.05) is 24.3 Å². The van der Waals surface area contributed by atoms with Crippen molar-refractivity contribution in [3.8, 4) is 0 Å². The van der Waals surface area contributed by atoms with E-state index in [0.29, 0.717) is 25.2 Å². The van der Waals surface area contributed by atoms with Gasteiger partial charge >= 0.3 is 0 Å². The van der Waals surface area contributed by atoms with Crippen molar-refractivity contribution < 1.29 is 9.18 Å². The molecule has 5 heteroatoms. The van der Waals surface area contributed by atoms with Gasteiger partial charge in [0.25, 0.3) is 0 Å².